The first-order valence-electron chi connectivity index (χ1n) is 5.40. The molecular formula is C12H21N. The largest absolute Gasteiger partial charge is 0.286 e. The Labute approximate surface area is 82.0 Å². The maximum atomic E-state index is 4.66. The number of hydrogen-bond acceptors (Lipinski definition) is 1. The molecule has 0 radical (unpaired) electrons. The zero-order chi connectivity index (χ0) is 9.95. The maximum absolute atomic E-state index is 4.66. The molecule has 1 rings (SSSR count). The Balaban J connectivity index is 2.97. The second kappa shape index (κ2) is 3.65. The molecule has 0 aromatic rings. The summed E-state index contributed by atoms with van der Waals surface area (Å²) < 4.78 is 0. The molecule has 1 aliphatic rings. The van der Waals surface area contributed by atoms with Crippen molar-refractivity contribution in [3.8, 4) is 0 Å². The highest BCUT2D eigenvalue weighted by atomic mass is 14.9. The van der Waals surface area contributed by atoms with Gasteiger partial charge < -0.3 is 0 Å². The Bertz CT molecular complexity index is 223. The van der Waals surface area contributed by atoms with E-state index in [1.807, 2.05) is 13.1 Å². The Hall–Kier alpha value is -0.590. The van der Waals surface area contributed by atoms with Crippen molar-refractivity contribution < 1.29 is 0 Å². The lowest BCUT2D eigenvalue weighted by atomic mass is 9.57. The molecule has 0 heterocycles. The summed E-state index contributed by atoms with van der Waals surface area (Å²) in [6.45, 7) is 8.78. The quantitative estimate of drug-likeness (QED) is 0.462. The standard InChI is InChI=1S/C12H21N/c1-5-11(6-2)9-10-12(11,7-3)13-8-4/h8-10H,5-7H2,1-4H3/b13-8+. The third-order valence-electron chi connectivity index (χ3n) is 3.70. The summed E-state index contributed by atoms with van der Waals surface area (Å²) >= 11 is 0. The van der Waals surface area contributed by atoms with E-state index in [1.54, 1.807) is 0 Å². The highest BCUT2D eigenvalue weighted by molar-refractivity contribution is 5.56. The van der Waals surface area contributed by atoms with E-state index in [2.05, 4.69) is 37.9 Å². The highest BCUT2D eigenvalue weighted by Gasteiger charge is 2.50. The maximum Gasteiger partial charge on any atom is 0.0871 e. The third-order valence-corrected chi connectivity index (χ3v) is 3.70. The molecule has 0 saturated heterocycles. The van der Waals surface area contributed by atoms with Gasteiger partial charge in [0.2, 0.25) is 0 Å². The van der Waals surface area contributed by atoms with Gasteiger partial charge in [0.05, 0.1) is 5.54 Å². The zero-order valence-electron chi connectivity index (χ0n) is 9.30. The summed E-state index contributed by atoms with van der Waals surface area (Å²) in [5.74, 6) is 0. The molecule has 0 aliphatic heterocycles. The fourth-order valence-electron chi connectivity index (χ4n) is 2.57. The number of rotatable bonds is 4. The summed E-state index contributed by atoms with van der Waals surface area (Å²) in [7, 11) is 0. The fraction of sp³-hybridized carbons (Fsp3) is 0.750. The molecule has 1 heteroatoms. The molecule has 13 heavy (non-hydrogen) atoms. The molecule has 1 aliphatic carbocycles. The fourth-order valence-corrected chi connectivity index (χ4v) is 2.57. The predicted octanol–water partition coefficient (Wildman–Crippen LogP) is 3.60. The molecule has 1 nitrogen and oxygen atoms in total. The van der Waals surface area contributed by atoms with E-state index in [0.717, 1.165) is 6.42 Å². The molecule has 0 N–H and O–H groups in total. The summed E-state index contributed by atoms with van der Waals surface area (Å²) in [4.78, 5) is 4.66. The minimum atomic E-state index is 0.116. The Kier molecular flexibility index (Phi) is 2.94. The van der Waals surface area contributed by atoms with Gasteiger partial charge in [-0.2, -0.15) is 0 Å². The molecule has 0 aromatic carbocycles. The van der Waals surface area contributed by atoms with Gasteiger partial charge in [-0.25, -0.2) is 0 Å². The predicted molar refractivity (Wildman–Crippen MR) is 59.3 cm³/mol. The summed E-state index contributed by atoms with van der Waals surface area (Å²) in [6.07, 6.45) is 10.1. The van der Waals surface area contributed by atoms with Crippen molar-refractivity contribution in [1.82, 2.24) is 0 Å². The van der Waals surface area contributed by atoms with Crippen LogP contribution in [0, 0.1) is 5.41 Å². The van der Waals surface area contributed by atoms with Crippen LogP contribution < -0.4 is 0 Å². The number of aliphatic imine (C=N–C) groups is 1. The molecule has 0 bridgehead atoms. The van der Waals surface area contributed by atoms with Gasteiger partial charge in [-0.15, -0.1) is 0 Å². The lowest BCUT2D eigenvalue weighted by molar-refractivity contribution is 0.170. The lowest BCUT2D eigenvalue weighted by Gasteiger charge is -2.51. The van der Waals surface area contributed by atoms with Crippen LogP contribution in [0.4, 0.5) is 0 Å². The van der Waals surface area contributed by atoms with Gasteiger partial charge in [-0.3, -0.25) is 4.99 Å². The summed E-state index contributed by atoms with van der Waals surface area (Å²) in [5.41, 5.74) is 0.458. The Morgan fingerprint density at radius 3 is 1.92 bits per heavy atom. The van der Waals surface area contributed by atoms with Crippen LogP contribution in [0.15, 0.2) is 17.1 Å². The second-order valence-electron chi connectivity index (χ2n) is 3.86. The summed E-state index contributed by atoms with van der Waals surface area (Å²) in [6, 6.07) is 0. The average Bonchev–Trinajstić information content (AvgIpc) is 2.15. The van der Waals surface area contributed by atoms with Crippen molar-refractivity contribution in [3.05, 3.63) is 12.2 Å². The van der Waals surface area contributed by atoms with Crippen molar-refractivity contribution in [2.75, 3.05) is 0 Å². The monoisotopic (exact) mass is 179 g/mol. The lowest BCUT2D eigenvalue weighted by Crippen LogP contribution is -2.49. The van der Waals surface area contributed by atoms with Crippen LogP contribution in [0.25, 0.3) is 0 Å². The van der Waals surface area contributed by atoms with Gasteiger partial charge in [0.25, 0.3) is 0 Å². The molecule has 1 unspecified atom stereocenters. The normalized spacial score (nSPS) is 30.8. The van der Waals surface area contributed by atoms with E-state index < -0.39 is 0 Å². The van der Waals surface area contributed by atoms with Crippen LogP contribution in [0.5, 0.6) is 0 Å². The van der Waals surface area contributed by atoms with Crippen molar-refractivity contribution in [3.63, 3.8) is 0 Å². The van der Waals surface area contributed by atoms with E-state index in [1.165, 1.54) is 12.8 Å². The molecule has 0 spiro atoms. The van der Waals surface area contributed by atoms with E-state index >= 15 is 0 Å². The first-order valence-corrected chi connectivity index (χ1v) is 5.40. The average molecular weight is 179 g/mol. The first kappa shape index (κ1) is 10.5. The highest BCUT2D eigenvalue weighted by Crippen LogP contribution is 2.52. The van der Waals surface area contributed by atoms with E-state index in [0.29, 0.717) is 5.41 Å². The number of hydrogen-bond donors (Lipinski definition) is 0. The minimum absolute atomic E-state index is 0.116. The van der Waals surface area contributed by atoms with Crippen molar-refractivity contribution >= 4 is 6.21 Å². The van der Waals surface area contributed by atoms with Gasteiger partial charge >= 0.3 is 0 Å². The third kappa shape index (κ3) is 1.25. The van der Waals surface area contributed by atoms with Gasteiger partial charge in [-0.1, -0.05) is 32.9 Å². The summed E-state index contributed by atoms with van der Waals surface area (Å²) in [5, 5.41) is 0. The van der Waals surface area contributed by atoms with Gasteiger partial charge in [-0.05, 0) is 32.4 Å². The zero-order valence-corrected chi connectivity index (χ0v) is 9.30. The van der Waals surface area contributed by atoms with Crippen LogP contribution in [0.2, 0.25) is 0 Å². The topological polar surface area (TPSA) is 12.4 Å². The van der Waals surface area contributed by atoms with Crippen LogP contribution in [0.1, 0.15) is 47.0 Å². The first-order chi connectivity index (χ1) is 6.20. The Morgan fingerprint density at radius 1 is 1.08 bits per heavy atom. The van der Waals surface area contributed by atoms with Gasteiger partial charge in [0, 0.05) is 5.41 Å². The van der Waals surface area contributed by atoms with Crippen molar-refractivity contribution in [2.24, 2.45) is 10.4 Å². The minimum Gasteiger partial charge on any atom is -0.286 e. The van der Waals surface area contributed by atoms with Crippen molar-refractivity contribution in [1.29, 1.82) is 0 Å². The van der Waals surface area contributed by atoms with Crippen LogP contribution in [-0.4, -0.2) is 11.8 Å². The molecule has 0 aromatic heterocycles. The Morgan fingerprint density at radius 2 is 1.69 bits per heavy atom. The van der Waals surface area contributed by atoms with Gasteiger partial charge in [0.15, 0.2) is 0 Å². The number of nitrogens with zero attached hydrogens (tertiary/aromatic N) is 1. The van der Waals surface area contributed by atoms with E-state index in [-0.39, 0.29) is 5.54 Å². The van der Waals surface area contributed by atoms with Crippen LogP contribution >= 0.6 is 0 Å². The molecule has 0 saturated carbocycles. The molecule has 74 valence electrons. The van der Waals surface area contributed by atoms with Crippen LogP contribution in [0.3, 0.4) is 0 Å². The SMILES string of the molecule is C/C=N/C1(CC)C=CC1(CC)CC. The van der Waals surface area contributed by atoms with Crippen LogP contribution in [-0.2, 0) is 0 Å². The second-order valence-corrected chi connectivity index (χ2v) is 3.86. The smallest absolute Gasteiger partial charge is 0.0871 e. The molecule has 0 fully saturated rings. The molecule has 1 atom stereocenters. The van der Waals surface area contributed by atoms with Gasteiger partial charge in [0.1, 0.15) is 0 Å². The van der Waals surface area contributed by atoms with E-state index in [9.17, 15) is 0 Å². The molecule has 0 amide bonds. The van der Waals surface area contributed by atoms with Crippen molar-refractivity contribution in [2.45, 2.75) is 52.5 Å². The van der Waals surface area contributed by atoms with E-state index in [4.69, 9.17) is 0 Å². The molecular weight excluding hydrogens is 158 g/mol.